The van der Waals surface area contributed by atoms with Gasteiger partial charge < -0.3 is 10.1 Å². The highest BCUT2D eigenvalue weighted by Crippen LogP contribution is 2.34. The van der Waals surface area contributed by atoms with Gasteiger partial charge in [-0.15, -0.1) is 0 Å². The summed E-state index contributed by atoms with van der Waals surface area (Å²) in [4.78, 5) is 19.1. The molecule has 0 spiro atoms. The van der Waals surface area contributed by atoms with Crippen molar-refractivity contribution < 1.29 is 9.53 Å². The van der Waals surface area contributed by atoms with Crippen LogP contribution >= 0.6 is 0 Å². The third kappa shape index (κ3) is 4.17. The van der Waals surface area contributed by atoms with Crippen LogP contribution in [0.25, 0.3) is 0 Å². The number of benzene rings is 1. The molecule has 1 aliphatic rings. The molecule has 0 radical (unpaired) electrons. The summed E-state index contributed by atoms with van der Waals surface area (Å²) in [5.41, 5.74) is 1.19. The number of para-hydroxylation sites is 1. The molecule has 2 heterocycles. The monoisotopic (exact) mass is 339 g/mol. The lowest BCUT2D eigenvalue weighted by Gasteiger charge is -2.29. The van der Waals surface area contributed by atoms with Gasteiger partial charge in [0.2, 0.25) is 0 Å². The van der Waals surface area contributed by atoms with Gasteiger partial charge in [0.05, 0.1) is 5.69 Å². The predicted octanol–water partition coefficient (Wildman–Crippen LogP) is 4.58. The van der Waals surface area contributed by atoms with Gasteiger partial charge in [0.15, 0.2) is 0 Å². The van der Waals surface area contributed by atoms with E-state index in [1.54, 1.807) is 11.1 Å². The van der Waals surface area contributed by atoms with E-state index in [0.29, 0.717) is 5.82 Å². The van der Waals surface area contributed by atoms with Gasteiger partial charge >= 0.3 is 6.09 Å². The molecule has 5 heteroatoms. The molecule has 0 unspecified atom stereocenters. The third-order valence-corrected chi connectivity index (χ3v) is 4.05. The Kier molecular flexibility index (Phi) is 5.04. The quantitative estimate of drug-likeness (QED) is 0.889. The molecule has 1 aromatic carbocycles. The molecule has 0 saturated carbocycles. The van der Waals surface area contributed by atoms with Gasteiger partial charge in [-0.05, 0) is 58.4 Å². The molecule has 1 atom stereocenters. The summed E-state index contributed by atoms with van der Waals surface area (Å²) >= 11 is 0. The molecule has 132 valence electrons. The molecule has 5 nitrogen and oxygen atoms in total. The van der Waals surface area contributed by atoms with Gasteiger partial charge in [-0.1, -0.05) is 24.3 Å². The summed E-state index contributed by atoms with van der Waals surface area (Å²) in [5.74, 6) is 0.627. The molecular formula is C20H25N3O2. The van der Waals surface area contributed by atoms with Crippen LogP contribution in [0.4, 0.5) is 16.3 Å². The van der Waals surface area contributed by atoms with Gasteiger partial charge in [-0.25, -0.2) is 14.7 Å². The first-order valence-corrected chi connectivity index (χ1v) is 8.72. The van der Waals surface area contributed by atoms with Crippen LogP contribution in [0.1, 0.15) is 45.2 Å². The number of pyridine rings is 1. The number of anilines is 2. The summed E-state index contributed by atoms with van der Waals surface area (Å²) in [6.45, 7) is 6.58. The van der Waals surface area contributed by atoms with Crippen molar-refractivity contribution in [2.45, 2.75) is 45.3 Å². The molecular weight excluding hydrogens is 314 g/mol. The fourth-order valence-electron chi connectivity index (χ4n) is 3.02. The fraction of sp³-hybridized carbons (Fsp3) is 0.400. The lowest BCUT2D eigenvalue weighted by molar-refractivity contribution is 0.0598. The van der Waals surface area contributed by atoms with Crippen LogP contribution in [-0.2, 0) is 4.74 Å². The number of rotatable bonds is 3. The zero-order valence-corrected chi connectivity index (χ0v) is 15.0. The van der Waals surface area contributed by atoms with Crippen molar-refractivity contribution in [3.63, 3.8) is 0 Å². The van der Waals surface area contributed by atoms with Crippen LogP contribution in [0, 0.1) is 0 Å². The van der Waals surface area contributed by atoms with E-state index < -0.39 is 11.7 Å². The van der Waals surface area contributed by atoms with E-state index in [1.807, 2.05) is 63.2 Å². The van der Waals surface area contributed by atoms with Crippen molar-refractivity contribution in [2.24, 2.45) is 0 Å². The SMILES string of the molecule is CC(C)(C)OC(=O)N(c1ccccc1)c1ncccc1[C@H]1CCCN1. The Hall–Kier alpha value is -2.40. The van der Waals surface area contributed by atoms with Gasteiger partial charge in [0.1, 0.15) is 11.4 Å². The summed E-state index contributed by atoms with van der Waals surface area (Å²) in [7, 11) is 0. The van der Waals surface area contributed by atoms with Gasteiger partial charge in [-0.2, -0.15) is 0 Å². The molecule has 1 saturated heterocycles. The number of ether oxygens (including phenoxy) is 1. The number of hydrogen-bond donors (Lipinski definition) is 1. The van der Waals surface area contributed by atoms with Crippen LogP contribution in [-0.4, -0.2) is 23.2 Å². The Balaban J connectivity index is 2.05. The van der Waals surface area contributed by atoms with Crippen molar-refractivity contribution in [1.82, 2.24) is 10.3 Å². The Bertz CT molecular complexity index is 719. The van der Waals surface area contributed by atoms with Crippen LogP contribution in [0.15, 0.2) is 48.7 Å². The topological polar surface area (TPSA) is 54.5 Å². The van der Waals surface area contributed by atoms with Gasteiger partial charge in [0.25, 0.3) is 0 Å². The minimum atomic E-state index is -0.579. The predicted molar refractivity (Wildman–Crippen MR) is 99.0 cm³/mol. The minimum Gasteiger partial charge on any atom is -0.443 e. The average Bonchev–Trinajstić information content (AvgIpc) is 3.09. The highest BCUT2D eigenvalue weighted by atomic mass is 16.6. The molecule has 1 aromatic heterocycles. The van der Waals surface area contributed by atoms with Crippen molar-refractivity contribution in [2.75, 3.05) is 11.4 Å². The van der Waals surface area contributed by atoms with Crippen molar-refractivity contribution >= 4 is 17.6 Å². The number of nitrogens with zero attached hydrogens (tertiary/aromatic N) is 2. The molecule has 25 heavy (non-hydrogen) atoms. The molecule has 0 bridgehead atoms. The first-order valence-electron chi connectivity index (χ1n) is 8.72. The second-order valence-electron chi connectivity index (χ2n) is 7.22. The molecule has 0 aliphatic carbocycles. The third-order valence-electron chi connectivity index (χ3n) is 4.05. The smallest absolute Gasteiger partial charge is 0.420 e. The maximum atomic E-state index is 13.0. The zero-order valence-electron chi connectivity index (χ0n) is 15.0. The van der Waals surface area contributed by atoms with Gasteiger partial charge in [0, 0.05) is 17.8 Å². The number of hydrogen-bond acceptors (Lipinski definition) is 4. The molecule has 2 aromatic rings. The Morgan fingerprint density at radius 3 is 2.60 bits per heavy atom. The summed E-state index contributed by atoms with van der Waals surface area (Å²) < 4.78 is 5.65. The van der Waals surface area contributed by atoms with E-state index in [2.05, 4.69) is 10.3 Å². The number of carbonyl (C=O) groups is 1. The molecule has 1 fully saturated rings. The maximum absolute atomic E-state index is 13.0. The standard InChI is InChI=1S/C20H25N3O2/c1-20(2,3)25-19(24)23(15-9-5-4-6-10-15)18-16(11-7-14-22-18)17-12-8-13-21-17/h4-7,9-11,14,17,21H,8,12-13H2,1-3H3/t17-/m1/s1. The van der Waals surface area contributed by atoms with E-state index in [-0.39, 0.29) is 6.04 Å². The average molecular weight is 339 g/mol. The van der Waals surface area contributed by atoms with Crippen LogP contribution in [0.2, 0.25) is 0 Å². The molecule has 3 rings (SSSR count). The normalized spacial score (nSPS) is 17.3. The lowest BCUT2D eigenvalue weighted by Crippen LogP contribution is -2.35. The Morgan fingerprint density at radius 1 is 1.20 bits per heavy atom. The highest BCUT2D eigenvalue weighted by Gasteiger charge is 2.30. The van der Waals surface area contributed by atoms with Crippen LogP contribution < -0.4 is 10.2 Å². The van der Waals surface area contributed by atoms with E-state index in [0.717, 1.165) is 30.6 Å². The zero-order chi connectivity index (χ0) is 17.9. The second-order valence-corrected chi connectivity index (χ2v) is 7.22. The summed E-state index contributed by atoms with van der Waals surface area (Å²) in [6, 6.07) is 13.7. The molecule has 1 N–H and O–H groups in total. The van der Waals surface area contributed by atoms with Crippen molar-refractivity contribution in [3.8, 4) is 0 Å². The first-order chi connectivity index (χ1) is 12.0. The first kappa shape index (κ1) is 17.4. The number of nitrogens with one attached hydrogen (secondary N) is 1. The minimum absolute atomic E-state index is 0.206. The van der Waals surface area contributed by atoms with Gasteiger partial charge in [-0.3, -0.25) is 0 Å². The molecule has 1 aliphatic heterocycles. The largest absolute Gasteiger partial charge is 0.443 e. The number of carbonyl (C=O) groups excluding carboxylic acids is 1. The maximum Gasteiger partial charge on any atom is 0.420 e. The van der Waals surface area contributed by atoms with E-state index in [9.17, 15) is 4.79 Å². The van der Waals surface area contributed by atoms with E-state index in [4.69, 9.17) is 4.74 Å². The Labute approximate surface area is 149 Å². The van der Waals surface area contributed by atoms with Crippen LogP contribution in [0.5, 0.6) is 0 Å². The summed E-state index contributed by atoms with van der Waals surface area (Å²) in [6.07, 6.45) is 3.46. The fourth-order valence-corrected chi connectivity index (χ4v) is 3.02. The van der Waals surface area contributed by atoms with Crippen LogP contribution in [0.3, 0.4) is 0 Å². The highest BCUT2D eigenvalue weighted by molar-refractivity contribution is 5.96. The Morgan fingerprint density at radius 2 is 1.96 bits per heavy atom. The number of amides is 1. The molecule has 1 amide bonds. The summed E-state index contributed by atoms with van der Waals surface area (Å²) in [5, 5.41) is 3.49. The second kappa shape index (κ2) is 7.23. The van der Waals surface area contributed by atoms with E-state index in [1.165, 1.54) is 0 Å². The van der Waals surface area contributed by atoms with Crippen molar-refractivity contribution in [1.29, 1.82) is 0 Å². The lowest BCUT2D eigenvalue weighted by atomic mass is 10.1. The van der Waals surface area contributed by atoms with E-state index >= 15 is 0 Å². The van der Waals surface area contributed by atoms with Crippen molar-refractivity contribution in [3.05, 3.63) is 54.2 Å². The number of aromatic nitrogens is 1.